The van der Waals surface area contributed by atoms with Crippen molar-refractivity contribution in [2.45, 2.75) is 52.3 Å². The summed E-state index contributed by atoms with van der Waals surface area (Å²) >= 11 is 5.82. The SMILES string of the molecule is C[C@@H]1CN(C(=O)OC(C)(C)C)[C@@H](C)CN1C(=O)c1ccc(Cl)cn1. The van der Waals surface area contributed by atoms with E-state index in [1.54, 1.807) is 21.9 Å². The summed E-state index contributed by atoms with van der Waals surface area (Å²) in [7, 11) is 0. The van der Waals surface area contributed by atoms with Gasteiger partial charge >= 0.3 is 6.09 Å². The highest BCUT2D eigenvalue weighted by Crippen LogP contribution is 2.20. The average molecular weight is 354 g/mol. The minimum atomic E-state index is -0.541. The molecule has 2 atom stereocenters. The fraction of sp³-hybridized carbons (Fsp3) is 0.588. The Morgan fingerprint density at radius 3 is 2.29 bits per heavy atom. The molecule has 1 fully saturated rings. The predicted octanol–water partition coefficient (Wildman–Crippen LogP) is 3.20. The molecule has 6 nitrogen and oxygen atoms in total. The molecule has 2 amide bonds. The van der Waals surface area contributed by atoms with Crippen LogP contribution in [0.25, 0.3) is 0 Å². The Hall–Kier alpha value is -1.82. The molecule has 0 saturated carbocycles. The number of hydrogen-bond acceptors (Lipinski definition) is 4. The first kappa shape index (κ1) is 18.5. The Labute approximate surface area is 147 Å². The van der Waals surface area contributed by atoms with Crippen LogP contribution in [0.2, 0.25) is 5.02 Å². The molecule has 7 heteroatoms. The smallest absolute Gasteiger partial charge is 0.410 e. The second-order valence-corrected chi connectivity index (χ2v) is 7.59. The zero-order valence-electron chi connectivity index (χ0n) is 14.7. The molecule has 0 aromatic carbocycles. The van der Waals surface area contributed by atoms with Gasteiger partial charge in [0.1, 0.15) is 11.3 Å². The van der Waals surface area contributed by atoms with E-state index >= 15 is 0 Å². The number of rotatable bonds is 1. The zero-order chi connectivity index (χ0) is 18.1. The number of ether oxygens (including phenoxy) is 1. The Bertz CT molecular complexity index is 613. The third kappa shape index (κ3) is 4.38. The van der Waals surface area contributed by atoms with Crippen molar-refractivity contribution in [1.29, 1.82) is 0 Å². The van der Waals surface area contributed by atoms with Gasteiger partial charge < -0.3 is 14.5 Å². The maximum atomic E-state index is 12.7. The van der Waals surface area contributed by atoms with Gasteiger partial charge in [-0.15, -0.1) is 0 Å². The summed E-state index contributed by atoms with van der Waals surface area (Å²) in [5.41, 5.74) is -0.190. The van der Waals surface area contributed by atoms with Crippen LogP contribution in [0, 0.1) is 0 Å². The number of carbonyl (C=O) groups excluding carboxylic acids is 2. The van der Waals surface area contributed by atoms with Crippen molar-refractivity contribution >= 4 is 23.6 Å². The molecule has 2 rings (SSSR count). The second-order valence-electron chi connectivity index (χ2n) is 7.15. The minimum absolute atomic E-state index is 0.126. The first-order chi connectivity index (χ1) is 11.1. The van der Waals surface area contributed by atoms with Gasteiger partial charge in [0, 0.05) is 31.4 Å². The maximum absolute atomic E-state index is 12.7. The molecule has 1 aliphatic heterocycles. The van der Waals surface area contributed by atoms with Gasteiger partial charge in [-0.3, -0.25) is 4.79 Å². The lowest BCUT2D eigenvalue weighted by molar-refractivity contribution is -0.00800. The highest BCUT2D eigenvalue weighted by atomic mass is 35.5. The number of piperazine rings is 1. The monoisotopic (exact) mass is 353 g/mol. The predicted molar refractivity (Wildman–Crippen MR) is 92.1 cm³/mol. The molecule has 132 valence electrons. The van der Waals surface area contributed by atoms with Gasteiger partial charge in [0.2, 0.25) is 0 Å². The van der Waals surface area contributed by atoms with Gasteiger partial charge in [-0.25, -0.2) is 9.78 Å². The van der Waals surface area contributed by atoms with E-state index in [1.165, 1.54) is 6.20 Å². The van der Waals surface area contributed by atoms with Crippen LogP contribution in [0.1, 0.15) is 45.1 Å². The molecule has 0 bridgehead atoms. The van der Waals surface area contributed by atoms with Crippen LogP contribution in [-0.4, -0.2) is 57.6 Å². The lowest BCUT2D eigenvalue weighted by atomic mass is 10.1. The lowest BCUT2D eigenvalue weighted by Gasteiger charge is -2.44. The normalized spacial score (nSPS) is 21.6. The number of pyridine rings is 1. The summed E-state index contributed by atoms with van der Waals surface area (Å²) < 4.78 is 5.45. The van der Waals surface area contributed by atoms with Crippen molar-refractivity contribution in [3.05, 3.63) is 29.0 Å². The van der Waals surface area contributed by atoms with E-state index in [0.717, 1.165) is 0 Å². The highest BCUT2D eigenvalue weighted by Gasteiger charge is 2.36. The van der Waals surface area contributed by atoms with E-state index in [2.05, 4.69) is 4.98 Å². The van der Waals surface area contributed by atoms with Crippen LogP contribution < -0.4 is 0 Å². The highest BCUT2D eigenvalue weighted by molar-refractivity contribution is 6.30. The minimum Gasteiger partial charge on any atom is -0.444 e. The van der Waals surface area contributed by atoms with Gasteiger partial charge in [-0.2, -0.15) is 0 Å². The fourth-order valence-electron chi connectivity index (χ4n) is 2.63. The Morgan fingerprint density at radius 1 is 1.17 bits per heavy atom. The molecule has 1 aliphatic rings. The molecule has 2 heterocycles. The molecular weight excluding hydrogens is 330 g/mol. The first-order valence-electron chi connectivity index (χ1n) is 8.00. The van der Waals surface area contributed by atoms with Gasteiger partial charge in [0.25, 0.3) is 5.91 Å². The fourth-order valence-corrected chi connectivity index (χ4v) is 2.75. The van der Waals surface area contributed by atoms with E-state index in [0.29, 0.717) is 23.8 Å². The Balaban J connectivity index is 2.08. The van der Waals surface area contributed by atoms with Crippen molar-refractivity contribution in [3.8, 4) is 0 Å². The van der Waals surface area contributed by atoms with Crippen molar-refractivity contribution < 1.29 is 14.3 Å². The quantitative estimate of drug-likeness (QED) is 0.777. The first-order valence-corrected chi connectivity index (χ1v) is 8.38. The summed E-state index contributed by atoms with van der Waals surface area (Å²) in [4.78, 5) is 32.5. The molecular formula is C17H24ClN3O3. The van der Waals surface area contributed by atoms with E-state index in [9.17, 15) is 9.59 Å². The largest absolute Gasteiger partial charge is 0.444 e. The zero-order valence-corrected chi connectivity index (χ0v) is 15.5. The number of halogens is 1. The van der Waals surface area contributed by atoms with Crippen molar-refractivity contribution in [2.75, 3.05) is 13.1 Å². The molecule has 0 aliphatic carbocycles. The standard InChI is InChI=1S/C17H24ClN3O3/c1-11-10-21(16(23)24-17(3,4)5)12(2)9-20(11)15(22)14-7-6-13(18)8-19-14/h6-8,11-12H,9-10H2,1-5H3/t11-,12+/m1/s1. The van der Waals surface area contributed by atoms with Crippen LogP contribution in [0.4, 0.5) is 4.79 Å². The third-order valence-corrected chi connectivity index (χ3v) is 4.04. The van der Waals surface area contributed by atoms with Crippen LogP contribution >= 0.6 is 11.6 Å². The molecule has 0 unspecified atom stereocenters. The molecule has 0 N–H and O–H groups in total. The average Bonchev–Trinajstić information content (AvgIpc) is 2.47. The number of nitrogens with zero attached hydrogens (tertiary/aromatic N) is 3. The number of amides is 2. The topological polar surface area (TPSA) is 62.7 Å². The third-order valence-electron chi connectivity index (χ3n) is 3.82. The summed E-state index contributed by atoms with van der Waals surface area (Å²) in [5.74, 6) is -0.158. The molecule has 1 aromatic heterocycles. The van der Waals surface area contributed by atoms with Crippen molar-refractivity contribution in [2.24, 2.45) is 0 Å². The molecule has 24 heavy (non-hydrogen) atoms. The summed E-state index contributed by atoms with van der Waals surface area (Å²) in [5, 5.41) is 0.489. The molecule has 0 spiro atoms. The van der Waals surface area contributed by atoms with E-state index in [4.69, 9.17) is 16.3 Å². The van der Waals surface area contributed by atoms with Gasteiger partial charge in [-0.1, -0.05) is 11.6 Å². The van der Waals surface area contributed by atoms with Crippen LogP contribution in [-0.2, 0) is 4.74 Å². The van der Waals surface area contributed by atoms with Crippen LogP contribution in [0.5, 0.6) is 0 Å². The number of aromatic nitrogens is 1. The van der Waals surface area contributed by atoms with Crippen LogP contribution in [0.3, 0.4) is 0 Å². The van der Waals surface area contributed by atoms with Gasteiger partial charge in [0.05, 0.1) is 5.02 Å². The lowest BCUT2D eigenvalue weighted by Crippen LogP contribution is -2.60. The Morgan fingerprint density at radius 2 is 1.75 bits per heavy atom. The van der Waals surface area contributed by atoms with Crippen molar-refractivity contribution in [3.63, 3.8) is 0 Å². The van der Waals surface area contributed by atoms with Crippen LogP contribution in [0.15, 0.2) is 18.3 Å². The van der Waals surface area contributed by atoms with Gasteiger partial charge in [-0.05, 0) is 46.8 Å². The van der Waals surface area contributed by atoms with Crippen molar-refractivity contribution in [1.82, 2.24) is 14.8 Å². The second kappa shape index (κ2) is 6.97. The molecule has 1 saturated heterocycles. The number of hydrogen-bond donors (Lipinski definition) is 0. The molecule has 1 aromatic rings. The van der Waals surface area contributed by atoms with E-state index < -0.39 is 5.60 Å². The maximum Gasteiger partial charge on any atom is 0.410 e. The summed E-state index contributed by atoms with van der Waals surface area (Å²) in [6.45, 7) is 10.2. The molecule has 0 radical (unpaired) electrons. The van der Waals surface area contributed by atoms with E-state index in [-0.39, 0.29) is 24.1 Å². The summed E-state index contributed by atoms with van der Waals surface area (Å²) in [6, 6.07) is 3.00. The van der Waals surface area contributed by atoms with E-state index in [1.807, 2.05) is 34.6 Å². The van der Waals surface area contributed by atoms with Gasteiger partial charge in [0.15, 0.2) is 0 Å². The Kier molecular flexibility index (Phi) is 5.38. The number of carbonyl (C=O) groups is 2. The summed E-state index contributed by atoms with van der Waals surface area (Å²) in [6.07, 6.45) is 1.11.